The molecule has 2 aliphatic heterocycles. The minimum Gasteiger partial charge on any atom is -0.345 e. The van der Waals surface area contributed by atoms with Gasteiger partial charge in [-0.3, -0.25) is 14.5 Å². The van der Waals surface area contributed by atoms with Gasteiger partial charge in [0.05, 0.1) is 6.04 Å². The zero-order chi connectivity index (χ0) is 24.9. The molecule has 196 valence electrons. The first-order valence-corrected chi connectivity index (χ1v) is 13.7. The van der Waals surface area contributed by atoms with E-state index in [1.807, 2.05) is 36.4 Å². The second-order valence-electron chi connectivity index (χ2n) is 9.51. The molecule has 5 rings (SSSR count). The van der Waals surface area contributed by atoms with Gasteiger partial charge in [0.25, 0.3) is 5.91 Å². The number of likely N-dealkylation sites (tertiary alicyclic amines) is 1. The van der Waals surface area contributed by atoms with Crippen LogP contribution >= 0.6 is 22.9 Å². The van der Waals surface area contributed by atoms with E-state index in [1.54, 1.807) is 4.90 Å². The molecule has 2 aliphatic rings. The van der Waals surface area contributed by atoms with Crippen molar-refractivity contribution in [3.8, 4) is 0 Å². The molecule has 0 spiro atoms. The fourth-order valence-corrected chi connectivity index (χ4v) is 5.67. The van der Waals surface area contributed by atoms with E-state index in [4.69, 9.17) is 11.6 Å². The average Bonchev–Trinajstić information content (AvgIpc) is 3.51. The molecule has 0 aliphatic carbocycles. The lowest BCUT2D eigenvalue weighted by atomic mass is 10.1. The second kappa shape index (κ2) is 12.6. The molecule has 2 amide bonds. The van der Waals surface area contributed by atoms with Crippen LogP contribution in [0.2, 0.25) is 5.02 Å². The molecule has 9 heteroatoms. The fourth-order valence-electron chi connectivity index (χ4n) is 4.81. The van der Waals surface area contributed by atoms with Crippen molar-refractivity contribution >= 4 is 40.4 Å². The Kier molecular flexibility index (Phi) is 9.29. The van der Waals surface area contributed by atoms with E-state index < -0.39 is 0 Å². The Morgan fingerprint density at radius 3 is 2.41 bits per heavy atom. The maximum Gasteiger partial charge on any atom is 0.282 e. The number of amides is 2. The van der Waals surface area contributed by atoms with E-state index in [0.717, 1.165) is 42.3 Å². The van der Waals surface area contributed by atoms with Gasteiger partial charge in [0.1, 0.15) is 5.01 Å². The van der Waals surface area contributed by atoms with Crippen LogP contribution in [0, 0.1) is 0 Å². The van der Waals surface area contributed by atoms with E-state index in [9.17, 15) is 9.59 Å². The number of benzene rings is 2. The predicted molar refractivity (Wildman–Crippen MR) is 149 cm³/mol. The number of carbonyl (C=O) groups excluding carboxylic acids is 2. The molecule has 37 heavy (non-hydrogen) atoms. The number of rotatable bonds is 8. The zero-order valence-electron chi connectivity index (χ0n) is 20.2. The number of nitrogens with zero attached hydrogens (tertiary/aromatic N) is 4. The van der Waals surface area contributed by atoms with Crippen molar-refractivity contribution in [2.24, 2.45) is 0 Å². The van der Waals surface area contributed by atoms with E-state index >= 15 is 0 Å². The Morgan fingerprint density at radius 1 is 0.973 bits per heavy atom. The number of hydrogen-bond acceptors (Lipinski definition) is 6. The number of hydrogen-bond donors (Lipinski definition) is 1. The van der Waals surface area contributed by atoms with Gasteiger partial charge < -0.3 is 10.2 Å². The van der Waals surface area contributed by atoms with Crippen LogP contribution in [0.15, 0.2) is 48.5 Å². The van der Waals surface area contributed by atoms with Crippen LogP contribution in [0.3, 0.4) is 0 Å². The Balaban J connectivity index is 0.00000320. The number of anilines is 1. The second-order valence-corrected chi connectivity index (χ2v) is 11.0. The fraction of sp³-hybridized carbons (Fsp3) is 0.429. The molecule has 7 nitrogen and oxygen atoms in total. The molecule has 1 N–H and O–H groups in total. The molecule has 1 atom stereocenters. The van der Waals surface area contributed by atoms with Gasteiger partial charge in [0, 0.05) is 36.6 Å². The standard InChI is InChI=1S/C27H30ClN5O2S.CH4/c28-21-9-4-19(5-10-21)8-13-24-30-31-27(36-24)26(35)29-22-16-25(34)33(18-22)23-11-6-20(7-12-23)17-32-14-2-1-3-15-32;/h4-7,9-12,22H,1-3,8,13-18H2,(H,29,35);1H4/t22-;/m0./s1. The number of carbonyl (C=O) groups is 2. The number of piperidine rings is 1. The lowest BCUT2D eigenvalue weighted by Crippen LogP contribution is -2.37. The lowest BCUT2D eigenvalue weighted by Gasteiger charge is -2.26. The van der Waals surface area contributed by atoms with E-state index in [0.29, 0.717) is 23.0 Å². The van der Waals surface area contributed by atoms with Gasteiger partial charge in [0.2, 0.25) is 10.9 Å². The van der Waals surface area contributed by atoms with Crippen molar-refractivity contribution in [1.82, 2.24) is 20.4 Å². The topological polar surface area (TPSA) is 78.4 Å². The Bertz CT molecular complexity index is 1190. The smallest absolute Gasteiger partial charge is 0.282 e. The largest absolute Gasteiger partial charge is 0.345 e. The van der Waals surface area contributed by atoms with Crippen LogP contribution in [-0.4, -0.2) is 52.6 Å². The maximum atomic E-state index is 12.8. The molecular weight excluding hydrogens is 506 g/mol. The summed E-state index contributed by atoms with van der Waals surface area (Å²) in [7, 11) is 0. The number of nitrogens with one attached hydrogen (secondary N) is 1. The van der Waals surface area contributed by atoms with Crippen LogP contribution in [0.4, 0.5) is 5.69 Å². The molecule has 2 aromatic carbocycles. The molecule has 0 saturated carbocycles. The number of aryl methyl sites for hydroxylation is 2. The lowest BCUT2D eigenvalue weighted by molar-refractivity contribution is -0.117. The quantitative estimate of drug-likeness (QED) is 0.429. The summed E-state index contributed by atoms with van der Waals surface area (Å²) in [5, 5.41) is 13.1. The average molecular weight is 540 g/mol. The molecule has 2 saturated heterocycles. The third-order valence-electron chi connectivity index (χ3n) is 6.77. The molecule has 1 aromatic heterocycles. The van der Waals surface area contributed by atoms with Gasteiger partial charge >= 0.3 is 0 Å². The normalized spacial score (nSPS) is 18.0. The van der Waals surface area contributed by atoms with Gasteiger partial charge in [-0.1, -0.05) is 61.1 Å². The van der Waals surface area contributed by atoms with Crippen LogP contribution in [-0.2, 0) is 24.2 Å². The molecule has 0 radical (unpaired) electrons. The summed E-state index contributed by atoms with van der Waals surface area (Å²) in [4.78, 5) is 29.7. The third kappa shape index (κ3) is 7.15. The first kappa shape index (κ1) is 27.2. The molecule has 3 aromatic rings. The van der Waals surface area contributed by atoms with Crippen LogP contribution in [0.25, 0.3) is 0 Å². The highest BCUT2D eigenvalue weighted by atomic mass is 35.5. The van der Waals surface area contributed by atoms with Crippen molar-refractivity contribution < 1.29 is 9.59 Å². The SMILES string of the molecule is C.O=C(N[C@H]1CC(=O)N(c2ccc(CN3CCCCC3)cc2)C1)c1nnc(CCc2ccc(Cl)cc2)s1. The van der Waals surface area contributed by atoms with Crippen LogP contribution in [0.5, 0.6) is 0 Å². The Hall–Kier alpha value is -2.81. The Morgan fingerprint density at radius 2 is 1.68 bits per heavy atom. The summed E-state index contributed by atoms with van der Waals surface area (Å²) in [5.74, 6) is -0.258. The van der Waals surface area contributed by atoms with E-state index in [-0.39, 0.29) is 31.7 Å². The summed E-state index contributed by atoms with van der Waals surface area (Å²) in [6.45, 7) is 3.73. The first-order chi connectivity index (χ1) is 17.5. The van der Waals surface area contributed by atoms with Crippen LogP contribution in [0.1, 0.15) is 59.0 Å². The van der Waals surface area contributed by atoms with Gasteiger partial charge in [0.15, 0.2) is 0 Å². The highest BCUT2D eigenvalue weighted by Crippen LogP contribution is 2.24. The molecule has 2 fully saturated rings. The monoisotopic (exact) mass is 539 g/mol. The van der Waals surface area contributed by atoms with Crippen molar-refractivity contribution in [2.75, 3.05) is 24.5 Å². The van der Waals surface area contributed by atoms with E-state index in [1.165, 1.54) is 36.2 Å². The number of halogens is 1. The Labute approximate surface area is 227 Å². The minimum atomic E-state index is -0.276. The van der Waals surface area contributed by atoms with Gasteiger partial charge in [-0.05, 0) is 67.7 Å². The van der Waals surface area contributed by atoms with Crippen molar-refractivity contribution in [3.63, 3.8) is 0 Å². The first-order valence-electron chi connectivity index (χ1n) is 12.5. The maximum absolute atomic E-state index is 12.8. The summed E-state index contributed by atoms with van der Waals surface area (Å²) in [6, 6.07) is 15.7. The zero-order valence-corrected chi connectivity index (χ0v) is 21.7. The van der Waals surface area contributed by atoms with Crippen LogP contribution < -0.4 is 10.2 Å². The van der Waals surface area contributed by atoms with Gasteiger partial charge in [-0.25, -0.2) is 0 Å². The summed E-state index contributed by atoms with van der Waals surface area (Å²) >= 11 is 7.24. The van der Waals surface area contributed by atoms with Gasteiger partial charge in [-0.15, -0.1) is 10.2 Å². The molecule has 0 unspecified atom stereocenters. The highest BCUT2D eigenvalue weighted by molar-refractivity contribution is 7.13. The van der Waals surface area contributed by atoms with Crippen molar-refractivity contribution in [1.29, 1.82) is 0 Å². The molecule has 3 heterocycles. The van der Waals surface area contributed by atoms with Crippen molar-refractivity contribution in [3.05, 3.63) is 74.7 Å². The summed E-state index contributed by atoms with van der Waals surface area (Å²) in [5.41, 5.74) is 3.30. The molecule has 0 bridgehead atoms. The predicted octanol–water partition coefficient (Wildman–Crippen LogP) is 5.13. The highest BCUT2D eigenvalue weighted by Gasteiger charge is 2.32. The van der Waals surface area contributed by atoms with E-state index in [2.05, 4.69) is 32.5 Å². The number of aromatic nitrogens is 2. The summed E-state index contributed by atoms with van der Waals surface area (Å²) < 4.78 is 0. The third-order valence-corrected chi connectivity index (χ3v) is 8.00. The summed E-state index contributed by atoms with van der Waals surface area (Å²) in [6.07, 6.45) is 5.66. The van der Waals surface area contributed by atoms with Crippen molar-refractivity contribution in [2.45, 2.75) is 58.5 Å². The molecular formula is C28H34ClN5O2S. The van der Waals surface area contributed by atoms with Gasteiger partial charge in [-0.2, -0.15) is 0 Å². The minimum absolute atomic E-state index is 0.